The lowest BCUT2D eigenvalue weighted by Gasteiger charge is -2.30. The number of amides is 1. The van der Waals surface area contributed by atoms with Crippen LogP contribution in [0.15, 0.2) is 29.2 Å². The van der Waals surface area contributed by atoms with Gasteiger partial charge in [-0.25, -0.2) is 8.42 Å². The fourth-order valence-electron chi connectivity index (χ4n) is 2.25. The van der Waals surface area contributed by atoms with E-state index in [2.05, 4.69) is 6.92 Å². The van der Waals surface area contributed by atoms with Crippen LogP contribution in [-0.2, 0) is 9.84 Å². The lowest BCUT2D eigenvalue weighted by molar-refractivity contribution is 0.0697. The Morgan fingerprint density at radius 3 is 2.47 bits per heavy atom. The number of nitrogens with zero attached hydrogens (tertiary/aromatic N) is 1. The van der Waals surface area contributed by atoms with Gasteiger partial charge in [-0.3, -0.25) is 4.79 Å². The van der Waals surface area contributed by atoms with Crippen molar-refractivity contribution in [3.05, 3.63) is 29.8 Å². The summed E-state index contributed by atoms with van der Waals surface area (Å²) < 4.78 is 23.0. The zero-order valence-electron chi connectivity index (χ0n) is 11.3. The van der Waals surface area contributed by atoms with Crippen molar-refractivity contribution in [3.8, 4) is 0 Å². The molecule has 2 rings (SSSR count). The predicted molar refractivity (Wildman–Crippen MR) is 73.9 cm³/mol. The minimum atomic E-state index is -3.27. The molecule has 1 aromatic carbocycles. The Labute approximate surface area is 114 Å². The third-order valence-corrected chi connectivity index (χ3v) is 4.69. The number of sulfone groups is 1. The number of hydrogen-bond acceptors (Lipinski definition) is 3. The fourth-order valence-corrected chi connectivity index (χ4v) is 2.92. The molecule has 0 radical (unpaired) electrons. The summed E-state index contributed by atoms with van der Waals surface area (Å²) in [6.45, 7) is 3.69. The summed E-state index contributed by atoms with van der Waals surface area (Å²) in [6, 6.07) is 6.28. The van der Waals surface area contributed by atoms with Gasteiger partial charge >= 0.3 is 0 Å². The number of hydrogen-bond donors (Lipinski definition) is 0. The molecule has 1 fully saturated rings. The average molecular weight is 281 g/mol. The van der Waals surface area contributed by atoms with E-state index in [0.717, 1.165) is 32.2 Å². The molecule has 0 bridgehead atoms. The monoisotopic (exact) mass is 281 g/mol. The summed E-state index contributed by atoms with van der Waals surface area (Å²) in [5, 5.41) is 0. The Bertz CT molecular complexity index is 572. The molecule has 0 aliphatic carbocycles. The van der Waals surface area contributed by atoms with Gasteiger partial charge in [-0.05, 0) is 37.0 Å². The van der Waals surface area contributed by atoms with E-state index < -0.39 is 9.84 Å². The summed E-state index contributed by atoms with van der Waals surface area (Å²) in [6.07, 6.45) is 3.17. The molecule has 1 heterocycles. The SMILES string of the molecule is CC1CCN(C(=O)c2cccc(S(C)(=O)=O)c2)CC1. The molecule has 1 aliphatic heterocycles. The van der Waals surface area contributed by atoms with Crippen molar-refractivity contribution in [3.63, 3.8) is 0 Å². The Morgan fingerprint density at radius 1 is 1.26 bits per heavy atom. The van der Waals surface area contributed by atoms with Crippen molar-refractivity contribution in [2.75, 3.05) is 19.3 Å². The number of likely N-dealkylation sites (tertiary alicyclic amines) is 1. The van der Waals surface area contributed by atoms with Crippen LogP contribution in [0.2, 0.25) is 0 Å². The summed E-state index contributed by atoms with van der Waals surface area (Å²) in [7, 11) is -3.27. The maximum atomic E-state index is 12.3. The molecule has 1 saturated heterocycles. The Morgan fingerprint density at radius 2 is 1.89 bits per heavy atom. The van der Waals surface area contributed by atoms with Gasteiger partial charge in [0, 0.05) is 24.9 Å². The highest BCUT2D eigenvalue weighted by molar-refractivity contribution is 7.90. The molecular weight excluding hydrogens is 262 g/mol. The van der Waals surface area contributed by atoms with Crippen LogP contribution >= 0.6 is 0 Å². The van der Waals surface area contributed by atoms with Gasteiger partial charge in [0.05, 0.1) is 4.90 Å². The van der Waals surface area contributed by atoms with E-state index in [1.165, 1.54) is 12.1 Å². The van der Waals surface area contributed by atoms with Crippen LogP contribution < -0.4 is 0 Å². The summed E-state index contributed by atoms with van der Waals surface area (Å²) in [5.41, 5.74) is 0.456. The molecule has 19 heavy (non-hydrogen) atoms. The van der Waals surface area contributed by atoms with Crippen LogP contribution in [0.25, 0.3) is 0 Å². The van der Waals surface area contributed by atoms with Crippen LogP contribution in [-0.4, -0.2) is 38.6 Å². The first kappa shape index (κ1) is 14.1. The van der Waals surface area contributed by atoms with Gasteiger partial charge in [-0.2, -0.15) is 0 Å². The molecule has 0 aromatic heterocycles. The van der Waals surface area contributed by atoms with E-state index >= 15 is 0 Å². The number of benzene rings is 1. The van der Waals surface area contributed by atoms with Gasteiger partial charge in [0.2, 0.25) is 0 Å². The van der Waals surface area contributed by atoms with Gasteiger partial charge < -0.3 is 4.90 Å². The summed E-state index contributed by atoms with van der Waals surface area (Å²) in [4.78, 5) is 14.3. The first-order valence-electron chi connectivity index (χ1n) is 6.47. The fraction of sp³-hybridized carbons (Fsp3) is 0.500. The zero-order chi connectivity index (χ0) is 14.0. The molecule has 104 valence electrons. The Kier molecular flexibility index (Phi) is 3.94. The van der Waals surface area contributed by atoms with E-state index in [1.54, 1.807) is 17.0 Å². The molecule has 0 atom stereocenters. The second kappa shape index (κ2) is 5.33. The first-order chi connectivity index (χ1) is 8.88. The molecule has 5 heteroatoms. The number of piperidine rings is 1. The quantitative estimate of drug-likeness (QED) is 0.832. The molecule has 0 N–H and O–H groups in total. The van der Waals surface area contributed by atoms with Crippen molar-refractivity contribution in [1.82, 2.24) is 4.90 Å². The molecule has 1 aromatic rings. The molecule has 0 unspecified atom stereocenters. The normalized spacial score (nSPS) is 17.5. The Balaban J connectivity index is 2.20. The van der Waals surface area contributed by atoms with Crippen LogP contribution in [0.3, 0.4) is 0 Å². The number of carbonyl (C=O) groups excluding carboxylic acids is 1. The topological polar surface area (TPSA) is 54.5 Å². The van der Waals surface area contributed by atoms with Gasteiger partial charge in [-0.15, -0.1) is 0 Å². The third-order valence-electron chi connectivity index (χ3n) is 3.58. The van der Waals surface area contributed by atoms with E-state index in [-0.39, 0.29) is 10.8 Å². The van der Waals surface area contributed by atoms with Crippen LogP contribution in [0.1, 0.15) is 30.1 Å². The molecule has 1 amide bonds. The maximum Gasteiger partial charge on any atom is 0.253 e. The highest BCUT2D eigenvalue weighted by atomic mass is 32.2. The summed E-state index contributed by atoms with van der Waals surface area (Å²) in [5.74, 6) is 0.587. The minimum Gasteiger partial charge on any atom is -0.339 e. The second-order valence-corrected chi connectivity index (χ2v) is 7.29. The highest BCUT2D eigenvalue weighted by Gasteiger charge is 2.22. The van der Waals surface area contributed by atoms with Crippen molar-refractivity contribution in [1.29, 1.82) is 0 Å². The summed E-state index contributed by atoms with van der Waals surface area (Å²) >= 11 is 0. The molecular formula is C14H19NO3S. The molecule has 0 spiro atoms. The van der Waals surface area contributed by atoms with Gasteiger partial charge in [0.25, 0.3) is 5.91 Å². The number of rotatable bonds is 2. The highest BCUT2D eigenvalue weighted by Crippen LogP contribution is 2.19. The van der Waals surface area contributed by atoms with E-state index in [1.807, 2.05) is 0 Å². The largest absolute Gasteiger partial charge is 0.339 e. The minimum absolute atomic E-state index is 0.0719. The average Bonchev–Trinajstić information content (AvgIpc) is 2.38. The third kappa shape index (κ3) is 3.35. The maximum absolute atomic E-state index is 12.3. The molecule has 0 saturated carbocycles. The van der Waals surface area contributed by atoms with Crippen molar-refractivity contribution < 1.29 is 13.2 Å². The van der Waals surface area contributed by atoms with Gasteiger partial charge in [0.15, 0.2) is 9.84 Å². The lowest BCUT2D eigenvalue weighted by Crippen LogP contribution is -2.37. The van der Waals surface area contributed by atoms with Crippen molar-refractivity contribution in [2.24, 2.45) is 5.92 Å². The zero-order valence-corrected chi connectivity index (χ0v) is 12.1. The van der Waals surface area contributed by atoms with E-state index in [9.17, 15) is 13.2 Å². The Hall–Kier alpha value is -1.36. The predicted octanol–water partition coefficient (Wildman–Crippen LogP) is 1.96. The van der Waals surface area contributed by atoms with E-state index in [0.29, 0.717) is 11.5 Å². The van der Waals surface area contributed by atoms with Crippen LogP contribution in [0.5, 0.6) is 0 Å². The first-order valence-corrected chi connectivity index (χ1v) is 8.36. The van der Waals surface area contributed by atoms with Crippen LogP contribution in [0, 0.1) is 5.92 Å². The van der Waals surface area contributed by atoms with Crippen molar-refractivity contribution in [2.45, 2.75) is 24.7 Å². The van der Waals surface area contributed by atoms with Gasteiger partial charge in [0.1, 0.15) is 0 Å². The van der Waals surface area contributed by atoms with Crippen molar-refractivity contribution >= 4 is 15.7 Å². The van der Waals surface area contributed by atoms with Gasteiger partial charge in [-0.1, -0.05) is 13.0 Å². The molecule has 1 aliphatic rings. The second-order valence-electron chi connectivity index (χ2n) is 5.27. The standard InChI is InChI=1S/C14H19NO3S/c1-11-6-8-15(9-7-11)14(16)12-4-3-5-13(10-12)19(2,17)18/h3-5,10-11H,6-9H2,1-2H3. The number of carbonyl (C=O) groups is 1. The van der Waals surface area contributed by atoms with Crippen LogP contribution in [0.4, 0.5) is 0 Å². The lowest BCUT2D eigenvalue weighted by atomic mass is 9.98. The molecule has 4 nitrogen and oxygen atoms in total. The smallest absolute Gasteiger partial charge is 0.253 e. The van der Waals surface area contributed by atoms with E-state index in [4.69, 9.17) is 0 Å².